The molecule has 1 aromatic heterocycles. The van der Waals surface area contributed by atoms with Crippen LogP contribution in [0.5, 0.6) is 11.5 Å². The second kappa shape index (κ2) is 8.78. The molecule has 0 aliphatic carbocycles. The van der Waals surface area contributed by atoms with Gasteiger partial charge >= 0.3 is 5.97 Å². The van der Waals surface area contributed by atoms with E-state index in [1.807, 2.05) is 0 Å². The van der Waals surface area contributed by atoms with Gasteiger partial charge in [-0.2, -0.15) is 5.10 Å². The minimum Gasteiger partial charge on any atom is -0.497 e. The van der Waals surface area contributed by atoms with Gasteiger partial charge in [-0.05, 0) is 0 Å². The number of anilines is 1. The number of ether oxygens (including phenoxy) is 4. The molecule has 0 saturated carbocycles. The predicted molar refractivity (Wildman–Crippen MR) is 87.3 cm³/mol. The molecule has 2 N–H and O–H groups in total. The largest absolute Gasteiger partial charge is 0.497 e. The van der Waals surface area contributed by atoms with Gasteiger partial charge in [0.05, 0.1) is 45.7 Å². The summed E-state index contributed by atoms with van der Waals surface area (Å²) >= 11 is 0. The topological polar surface area (TPSA) is 97.8 Å². The van der Waals surface area contributed by atoms with Crippen molar-refractivity contribution in [2.24, 2.45) is 0 Å². The van der Waals surface area contributed by atoms with Gasteiger partial charge in [0.1, 0.15) is 18.1 Å². The van der Waals surface area contributed by atoms with Gasteiger partial charge in [-0.15, -0.1) is 0 Å². The second-order valence-electron chi connectivity index (χ2n) is 4.89. The Morgan fingerprint density at radius 2 is 1.96 bits per heavy atom. The van der Waals surface area contributed by atoms with Crippen molar-refractivity contribution in [2.45, 2.75) is 6.54 Å². The molecule has 1 aromatic carbocycles. The molecule has 0 spiro atoms. The molecule has 0 fully saturated rings. The molecule has 0 atom stereocenters. The van der Waals surface area contributed by atoms with Crippen molar-refractivity contribution >= 4 is 11.7 Å². The molecule has 8 nitrogen and oxygen atoms in total. The number of nitrogens with zero attached hydrogens (tertiary/aromatic N) is 2. The van der Waals surface area contributed by atoms with E-state index in [9.17, 15) is 4.79 Å². The number of carbonyl (C=O) groups is 1. The van der Waals surface area contributed by atoms with Crippen LogP contribution in [0.1, 0.15) is 10.4 Å². The van der Waals surface area contributed by atoms with Crippen molar-refractivity contribution in [3.05, 3.63) is 36.2 Å². The average Bonchev–Trinajstić information content (AvgIpc) is 3.05. The molecule has 0 aliphatic rings. The van der Waals surface area contributed by atoms with Gasteiger partial charge in [-0.1, -0.05) is 0 Å². The summed E-state index contributed by atoms with van der Waals surface area (Å²) in [6, 6.07) is 5.20. The summed E-state index contributed by atoms with van der Waals surface area (Å²) < 4.78 is 22.4. The maximum atomic E-state index is 11.3. The zero-order chi connectivity index (χ0) is 17.4. The van der Waals surface area contributed by atoms with Crippen LogP contribution in [0.3, 0.4) is 0 Å². The summed E-state index contributed by atoms with van der Waals surface area (Å²) in [5, 5.41) is 4.06. The van der Waals surface area contributed by atoms with Crippen LogP contribution >= 0.6 is 0 Å². The summed E-state index contributed by atoms with van der Waals surface area (Å²) in [4.78, 5) is 11.3. The van der Waals surface area contributed by atoms with E-state index in [1.54, 1.807) is 36.2 Å². The quantitative estimate of drug-likeness (QED) is 0.420. The number of aromatic nitrogens is 2. The van der Waals surface area contributed by atoms with Gasteiger partial charge in [0.25, 0.3) is 0 Å². The van der Waals surface area contributed by atoms with E-state index >= 15 is 0 Å². The smallest absolute Gasteiger partial charge is 0.341 e. The SMILES string of the molecule is COC(=O)c1cnn(CCOCCOc2cc(N)cc(OC)c2)c1. The molecular weight excluding hydrogens is 314 g/mol. The third-order valence-electron chi connectivity index (χ3n) is 3.15. The van der Waals surface area contributed by atoms with E-state index in [0.29, 0.717) is 49.1 Å². The fourth-order valence-corrected chi connectivity index (χ4v) is 1.98. The molecule has 0 aliphatic heterocycles. The van der Waals surface area contributed by atoms with Gasteiger partial charge in [-0.3, -0.25) is 4.68 Å². The Labute approximate surface area is 140 Å². The molecule has 1 heterocycles. The predicted octanol–water partition coefficient (Wildman–Crippen LogP) is 1.36. The van der Waals surface area contributed by atoms with Crippen molar-refractivity contribution in [2.75, 3.05) is 39.8 Å². The van der Waals surface area contributed by atoms with Gasteiger partial charge in [0.15, 0.2) is 0 Å². The molecule has 0 radical (unpaired) electrons. The number of hydrogen-bond donors (Lipinski definition) is 1. The number of nitrogen functional groups attached to an aromatic ring is 1. The van der Waals surface area contributed by atoms with Crippen LogP contribution in [0.15, 0.2) is 30.6 Å². The monoisotopic (exact) mass is 335 g/mol. The normalized spacial score (nSPS) is 10.4. The molecule has 0 bridgehead atoms. The van der Waals surface area contributed by atoms with E-state index in [1.165, 1.54) is 13.3 Å². The summed E-state index contributed by atoms with van der Waals surface area (Å²) in [7, 11) is 2.90. The Hall–Kier alpha value is -2.74. The molecule has 0 amide bonds. The molecular formula is C16H21N3O5. The van der Waals surface area contributed by atoms with Crippen molar-refractivity contribution in [3.8, 4) is 11.5 Å². The molecule has 0 unspecified atom stereocenters. The maximum absolute atomic E-state index is 11.3. The highest BCUT2D eigenvalue weighted by Crippen LogP contribution is 2.23. The fourth-order valence-electron chi connectivity index (χ4n) is 1.98. The van der Waals surface area contributed by atoms with E-state index in [2.05, 4.69) is 9.84 Å². The van der Waals surface area contributed by atoms with Crippen molar-refractivity contribution in [1.29, 1.82) is 0 Å². The standard InChI is InChI=1S/C16H21N3O5/c1-21-14-7-13(17)8-15(9-14)24-6-5-23-4-3-19-11-12(10-18-19)16(20)22-2/h7-11H,3-6,17H2,1-2H3. The average molecular weight is 335 g/mol. The first-order chi connectivity index (χ1) is 11.6. The minimum atomic E-state index is -0.409. The van der Waals surface area contributed by atoms with Crippen LogP contribution in [0, 0.1) is 0 Å². The van der Waals surface area contributed by atoms with Crippen LogP contribution < -0.4 is 15.2 Å². The third-order valence-corrected chi connectivity index (χ3v) is 3.15. The lowest BCUT2D eigenvalue weighted by atomic mass is 10.3. The lowest BCUT2D eigenvalue weighted by Crippen LogP contribution is -2.11. The highest BCUT2D eigenvalue weighted by atomic mass is 16.5. The number of nitrogens with two attached hydrogens (primary N) is 1. The van der Waals surface area contributed by atoms with Gasteiger partial charge < -0.3 is 24.7 Å². The fraction of sp³-hybridized carbons (Fsp3) is 0.375. The van der Waals surface area contributed by atoms with E-state index in [4.69, 9.17) is 19.9 Å². The summed E-state index contributed by atoms with van der Waals surface area (Å²) in [6.45, 7) is 1.79. The molecule has 2 rings (SSSR count). The lowest BCUT2D eigenvalue weighted by Gasteiger charge is -2.09. The summed E-state index contributed by atoms with van der Waals surface area (Å²) in [5.41, 5.74) is 6.74. The number of rotatable bonds is 9. The number of esters is 1. The summed E-state index contributed by atoms with van der Waals surface area (Å²) in [6.07, 6.45) is 3.08. The Kier molecular flexibility index (Phi) is 6.44. The van der Waals surface area contributed by atoms with Crippen LogP contribution in [0.4, 0.5) is 5.69 Å². The molecule has 130 valence electrons. The van der Waals surface area contributed by atoms with Crippen LogP contribution in [0.25, 0.3) is 0 Å². The van der Waals surface area contributed by atoms with Gasteiger partial charge in [0.2, 0.25) is 0 Å². The molecule has 24 heavy (non-hydrogen) atoms. The molecule has 8 heteroatoms. The zero-order valence-electron chi connectivity index (χ0n) is 13.7. The Bertz CT molecular complexity index is 671. The van der Waals surface area contributed by atoms with Crippen LogP contribution in [-0.2, 0) is 16.0 Å². The van der Waals surface area contributed by atoms with E-state index < -0.39 is 5.97 Å². The Balaban J connectivity index is 1.66. The van der Waals surface area contributed by atoms with E-state index in [0.717, 1.165) is 0 Å². The third kappa shape index (κ3) is 5.17. The van der Waals surface area contributed by atoms with E-state index in [-0.39, 0.29) is 0 Å². The van der Waals surface area contributed by atoms with Gasteiger partial charge in [0, 0.05) is 30.1 Å². The number of hydrogen-bond acceptors (Lipinski definition) is 7. The second-order valence-corrected chi connectivity index (χ2v) is 4.89. The van der Waals surface area contributed by atoms with Crippen molar-refractivity contribution < 1.29 is 23.7 Å². The maximum Gasteiger partial charge on any atom is 0.341 e. The molecule has 2 aromatic rings. The summed E-state index contributed by atoms with van der Waals surface area (Å²) in [5.74, 6) is 0.865. The van der Waals surface area contributed by atoms with Gasteiger partial charge in [-0.25, -0.2) is 4.79 Å². The zero-order valence-corrected chi connectivity index (χ0v) is 13.7. The lowest BCUT2D eigenvalue weighted by molar-refractivity contribution is 0.0600. The first-order valence-corrected chi connectivity index (χ1v) is 7.38. The number of methoxy groups -OCH3 is 2. The van der Waals surface area contributed by atoms with Crippen LogP contribution in [-0.4, -0.2) is 49.8 Å². The first kappa shape index (κ1) is 17.6. The molecule has 0 saturated heterocycles. The Morgan fingerprint density at radius 3 is 2.71 bits per heavy atom. The number of benzene rings is 1. The minimum absolute atomic E-state index is 0.388. The first-order valence-electron chi connectivity index (χ1n) is 7.38. The van der Waals surface area contributed by atoms with Crippen molar-refractivity contribution in [1.82, 2.24) is 9.78 Å². The van der Waals surface area contributed by atoms with Crippen molar-refractivity contribution in [3.63, 3.8) is 0 Å². The van der Waals surface area contributed by atoms with Crippen LogP contribution in [0.2, 0.25) is 0 Å². The highest BCUT2D eigenvalue weighted by Gasteiger charge is 2.07. The highest BCUT2D eigenvalue weighted by molar-refractivity contribution is 5.88. The number of carbonyl (C=O) groups excluding carboxylic acids is 1. The Morgan fingerprint density at radius 1 is 1.17 bits per heavy atom.